The Morgan fingerprint density at radius 2 is 2.00 bits per heavy atom. The van der Waals surface area contributed by atoms with Gasteiger partial charge in [0.25, 0.3) is 0 Å². The van der Waals surface area contributed by atoms with Gasteiger partial charge >= 0.3 is 0 Å². The van der Waals surface area contributed by atoms with E-state index in [9.17, 15) is 0 Å². The van der Waals surface area contributed by atoms with Crippen molar-refractivity contribution in [2.45, 2.75) is 32.7 Å². The van der Waals surface area contributed by atoms with Crippen LogP contribution in [-0.2, 0) is 4.74 Å². The topological polar surface area (TPSA) is 38.2 Å². The number of ether oxygens (including phenoxy) is 1. The minimum Gasteiger partial charge on any atom is -0.381 e. The molecule has 4 nitrogen and oxygen atoms in total. The van der Waals surface area contributed by atoms with Crippen LogP contribution in [0.5, 0.6) is 0 Å². The van der Waals surface area contributed by atoms with E-state index in [0.29, 0.717) is 6.04 Å². The lowest BCUT2D eigenvalue weighted by atomic mass is 10.1. The molecular weight excluding hydrogens is 258 g/mol. The molecule has 5 heteroatoms. The predicted molar refractivity (Wildman–Crippen MR) is 79.1 cm³/mol. The maximum Gasteiger partial charge on any atom is 0.141 e. The highest BCUT2D eigenvalue weighted by molar-refractivity contribution is 7.18. The van der Waals surface area contributed by atoms with Crippen molar-refractivity contribution >= 4 is 27.4 Å². The number of anilines is 1. The second-order valence-corrected chi connectivity index (χ2v) is 6.32. The maximum atomic E-state index is 5.44. The molecule has 3 rings (SSSR count). The minimum atomic E-state index is 0.520. The summed E-state index contributed by atoms with van der Waals surface area (Å²) in [4.78, 5) is 13.7. The Morgan fingerprint density at radius 1 is 1.26 bits per heavy atom. The van der Waals surface area contributed by atoms with Crippen LogP contribution in [0.3, 0.4) is 0 Å². The Bertz CT molecular complexity index is 590. The number of thiophene rings is 1. The van der Waals surface area contributed by atoms with Crippen LogP contribution in [0.15, 0.2) is 6.33 Å². The molecule has 2 aromatic heterocycles. The van der Waals surface area contributed by atoms with Gasteiger partial charge < -0.3 is 9.64 Å². The van der Waals surface area contributed by atoms with Crippen LogP contribution < -0.4 is 4.90 Å². The molecule has 1 fully saturated rings. The lowest BCUT2D eigenvalue weighted by Crippen LogP contribution is -2.37. The average molecular weight is 277 g/mol. The summed E-state index contributed by atoms with van der Waals surface area (Å²) in [6.07, 6.45) is 3.83. The fourth-order valence-corrected chi connectivity index (χ4v) is 3.67. The SMILES string of the molecule is Cc1sc2ncnc(N(C)C3CCOCC3)c2c1C. The molecule has 1 aliphatic rings. The zero-order valence-electron chi connectivity index (χ0n) is 11.6. The molecule has 0 bridgehead atoms. The first-order chi connectivity index (χ1) is 9.18. The molecule has 0 amide bonds. The molecule has 0 saturated carbocycles. The van der Waals surface area contributed by atoms with Crippen molar-refractivity contribution in [1.82, 2.24) is 9.97 Å². The molecule has 19 heavy (non-hydrogen) atoms. The zero-order chi connectivity index (χ0) is 13.4. The van der Waals surface area contributed by atoms with Crippen molar-refractivity contribution in [1.29, 1.82) is 0 Å². The molecule has 1 aliphatic heterocycles. The first kappa shape index (κ1) is 12.8. The average Bonchev–Trinajstić information content (AvgIpc) is 2.74. The van der Waals surface area contributed by atoms with Gasteiger partial charge in [-0.25, -0.2) is 9.97 Å². The van der Waals surface area contributed by atoms with Crippen LogP contribution in [0, 0.1) is 13.8 Å². The van der Waals surface area contributed by atoms with Gasteiger partial charge in [-0.15, -0.1) is 11.3 Å². The number of nitrogens with zero attached hydrogens (tertiary/aromatic N) is 3. The van der Waals surface area contributed by atoms with Gasteiger partial charge in [-0.3, -0.25) is 0 Å². The van der Waals surface area contributed by atoms with E-state index in [1.165, 1.54) is 15.8 Å². The van der Waals surface area contributed by atoms with Crippen LogP contribution in [0.1, 0.15) is 23.3 Å². The van der Waals surface area contributed by atoms with E-state index in [4.69, 9.17) is 4.74 Å². The maximum absolute atomic E-state index is 5.44. The number of aryl methyl sites for hydroxylation is 2. The molecular formula is C14H19N3OS. The molecule has 0 aromatic carbocycles. The predicted octanol–water partition coefficient (Wildman–Crippen LogP) is 2.92. The first-order valence-electron chi connectivity index (χ1n) is 6.69. The number of fused-ring (bicyclic) bond motifs is 1. The standard InChI is InChI=1S/C14H19N3OS/c1-9-10(2)19-14-12(9)13(15-8-16-14)17(3)11-4-6-18-7-5-11/h8,11H,4-7H2,1-3H3. The monoisotopic (exact) mass is 277 g/mol. The van der Waals surface area contributed by atoms with Gasteiger partial charge in [-0.2, -0.15) is 0 Å². The number of hydrogen-bond donors (Lipinski definition) is 0. The van der Waals surface area contributed by atoms with Gasteiger partial charge in [0.2, 0.25) is 0 Å². The van der Waals surface area contributed by atoms with Gasteiger partial charge in [0.1, 0.15) is 17.0 Å². The summed E-state index contributed by atoms with van der Waals surface area (Å²) in [7, 11) is 2.14. The van der Waals surface area contributed by atoms with E-state index in [1.54, 1.807) is 17.7 Å². The third-order valence-corrected chi connectivity index (χ3v) is 5.13. The third kappa shape index (κ3) is 2.21. The van der Waals surface area contributed by atoms with Crippen LogP contribution in [0.2, 0.25) is 0 Å². The fourth-order valence-electron chi connectivity index (χ4n) is 2.68. The summed E-state index contributed by atoms with van der Waals surface area (Å²) in [6.45, 7) is 6.02. The summed E-state index contributed by atoms with van der Waals surface area (Å²) in [5.41, 5.74) is 1.31. The minimum absolute atomic E-state index is 0.520. The van der Waals surface area contributed by atoms with Gasteiger partial charge in [0, 0.05) is 31.2 Å². The highest BCUT2D eigenvalue weighted by Gasteiger charge is 2.22. The van der Waals surface area contributed by atoms with Crippen LogP contribution in [-0.4, -0.2) is 36.3 Å². The van der Waals surface area contributed by atoms with Gasteiger partial charge in [-0.05, 0) is 32.3 Å². The number of hydrogen-bond acceptors (Lipinski definition) is 5. The molecule has 102 valence electrons. The van der Waals surface area contributed by atoms with Crippen molar-refractivity contribution < 1.29 is 4.74 Å². The van der Waals surface area contributed by atoms with Crippen molar-refractivity contribution in [3.63, 3.8) is 0 Å². The largest absolute Gasteiger partial charge is 0.381 e. The molecule has 0 unspecified atom stereocenters. The van der Waals surface area contributed by atoms with Crippen LogP contribution >= 0.6 is 11.3 Å². The molecule has 0 spiro atoms. The summed E-state index contributed by atoms with van der Waals surface area (Å²) < 4.78 is 5.44. The highest BCUT2D eigenvalue weighted by atomic mass is 32.1. The Labute approximate surface area is 117 Å². The molecule has 0 N–H and O–H groups in total. The first-order valence-corrected chi connectivity index (χ1v) is 7.51. The Hall–Kier alpha value is -1.20. The molecule has 0 atom stereocenters. The van der Waals surface area contributed by atoms with E-state index < -0.39 is 0 Å². The van der Waals surface area contributed by atoms with Gasteiger partial charge in [-0.1, -0.05) is 0 Å². The van der Waals surface area contributed by atoms with E-state index in [-0.39, 0.29) is 0 Å². The molecule has 0 aliphatic carbocycles. The Kier molecular flexibility index (Phi) is 3.41. The van der Waals surface area contributed by atoms with Gasteiger partial charge in [0.05, 0.1) is 5.39 Å². The van der Waals surface area contributed by atoms with E-state index in [1.807, 2.05) is 0 Å². The Morgan fingerprint density at radius 3 is 2.74 bits per heavy atom. The second-order valence-electron chi connectivity index (χ2n) is 5.12. The molecule has 3 heterocycles. The van der Waals surface area contributed by atoms with Crippen LogP contribution in [0.25, 0.3) is 10.2 Å². The summed E-state index contributed by atoms with van der Waals surface area (Å²) in [5, 5.41) is 1.22. The smallest absolute Gasteiger partial charge is 0.141 e. The van der Waals surface area contributed by atoms with Crippen molar-refractivity contribution in [2.75, 3.05) is 25.2 Å². The van der Waals surface area contributed by atoms with E-state index in [0.717, 1.165) is 36.7 Å². The second kappa shape index (κ2) is 5.06. The summed E-state index contributed by atoms with van der Waals surface area (Å²) in [6, 6.07) is 0.520. The summed E-state index contributed by atoms with van der Waals surface area (Å²) >= 11 is 1.75. The molecule has 2 aromatic rings. The van der Waals surface area contributed by atoms with Crippen molar-refractivity contribution in [3.8, 4) is 0 Å². The van der Waals surface area contributed by atoms with E-state index >= 15 is 0 Å². The highest BCUT2D eigenvalue weighted by Crippen LogP contribution is 2.35. The fraction of sp³-hybridized carbons (Fsp3) is 0.571. The lowest BCUT2D eigenvalue weighted by Gasteiger charge is -2.32. The molecule has 1 saturated heterocycles. The van der Waals surface area contributed by atoms with E-state index in [2.05, 4.69) is 35.8 Å². The van der Waals surface area contributed by atoms with Gasteiger partial charge in [0.15, 0.2) is 0 Å². The number of aromatic nitrogens is 2. The lowest BCUT2D eigenvalue weighted by molar-refractivity contribution is 0.0854. The summed E-state index contributed by atoms with van der Waals surface area (Å²) in [5.74, 6) is 1.07. The normalized spacial score (nSPS) is 17.0. The van der Waals surface area contributed by atoms with Crippen molar-refractivity contribution in [3.05, 3.63) is 16.8 Å². The Balaban J connectivity index is 2.03. The molecule has 0 radical (unpaired) electrons. The third-order valence-electron chi connectivity index (χ3n) is 4.02. The van der Waals surface area contributed by atoms with Crippen molar-refractivity contribution in [2.24, 2.45) is 0 Å². The zero-order valence-corrected chi connectivity index (χ0v) is 12.5. The van der Waals surface area contributed by atoms with Crippen LogP contribution in [0.4, 0.5) is 5.82 Å². The number of rotatable bonds is 2. The quantitative estimate of drug-likeness (QED) is 0.846.